The van der Waals surface area contributed by atoms with Crippen LogP contribution >= 0.6 is 11.3 Å². The van der Waals surface area contributed by atoms with E-state index in [0.717, 1.165) is 28.6 Å². The van der Waals surface area contributed by atoms with Crippen molar-refractivity contribution in [2.24, 2.45) is 5.16 Å². The molecule has 0 spiro atoms. The van der Waals surface area contributed by atoms with Crippen LogP contribution in [-0.4, -0.2) is 100 Å². The second-order valence-corrected chi connectivity index (χ2v) is 10.5. The number of hydrogen-bond donors (Lipinski definition) is 7. The van der Waals surface area contributed by atoms with Gasteiger partial charge < -0.3 is 41.7 Å². The summed E-state index contributed by atoms with van der Waals surface area (Å²) < 4.78 is 0.405. The number of nitrogens with zero attached hydrogens (tertiary/aromatic N) is 5. The molecule has 1 saturated heterocycles. The van der Waals surface area contributed by atoms with E-state index in [1.807, 2.05) is 0 Å². The number of aromatic hydroxyl groups is 1. The lowest BCUT2D eigenvalue weighted by Gasteiger charge is -2.19. The van der Waals surface area contributed by atoms with Crippen LogP contribution in [0, 0.1) is 0 Å². The Morgan fingerprint density at radius 1 is 1.26 bits per heavy atom. The van der Waals surface area contributed by atoms with Crippen molar-refractivity contribution in [1.82, 2.24) is 30.4 Å². The zero-order valence-electron chi connectivity index (χ0n) is 22.3. The number of aromatic nitrogens is 2. The van der Waals surface area contributed by atoms with Gasteiger partial charge in [-0.2, -0.15) is 4.73 Å². The second kappa shape index (κ2) is 11.4. The number of nitrogens with two attached hydrogens (primary N) is 1. The van der Waals surface area contributed by atoms with E-state index < -0.39 is 70.4 Å². The fourth-order valence-corrected chi connectivity index (χ4v) is 4.47. The van der Waals surface area contributed by atoms with Gasteiger partial charge in [0.2, 0.25) is 11.0 Å². The van der Waals surface area contributed by atoms with Gasteiger partial charge in [-0.1, -0.05) is 5.16 Å². The van der Waals surface area contributed by atoms with Crippen LogP contribution in [0.25, 0.3) is 0 Å². The summed E-state index contributed by atoms with van der Waals surface area (Å²) in [6.45, 7) is 1.32. The lowest BCUT2D eigenvalue weighted by molar-refractivity contribution is -0.161. The molecule has 2 aromatic rings. The van der Waals surface area contributed by atoms with E-state index in [1.165, 1.54) is 24.2 Å². The largest absolute Gasteiger partial charge is 0.503 e. The minimum absolute atomic E-state index is 0.0615. The van der Waals surface area contributed by atoms with Crippen molar-refractivity contribution in [1.29, 1.82) is 0 Å². The van der Waals surface area contributed by atoms with E-state index in [9.17, 15) is 49.3 Å². The van der Waals surface area contributed by atoms with Crippen molar-refractivity contribution in [3.8, 4) is 5.75 Å². The van der Waals surface area contributed by atoms with Gasteiger partial charge in [0.25, 0.3) is 17.7 Å². The average Bonchev–Trinajstić information content (AvgIpc) is 3.60. The van der Waals surface area contributed by atoms with Crippen LogP contribution in [0.15, 0.2) is 38.9 Å². The molecule has 2 aliphatic heterocycles. The Morgan fingerprint density at radius 2 is 1.95 bits per heavy atom. The highest BCUT2D eigenvalue weighted by Gasteiger charge is 2.49. The van der Waals surface area contributed by atoms with Crippen molar-refractivity contribution in [3.05, 3.63) is 50.5 Å². The van der Waals surface area contributed by atoms with Gasteiger partial charge in [0.05, 0.1) is 30.6 Å². The molecule has 4 rings (SSSR count). The number of pyridine rings is 1. The zero-order valence-corrected chi connectivity index (χ0v) is 23.1. The Hall–Kier alpha value is -5.50. The number of nitrogen functional groups attached to an aromatic ring is 1. The van der Waals surface area contributed by atoms with Gasteiger partial charge in [0.1, 0.15) is 11.7 Å². The molecule has 1 fully saturated rings. The molecule has 228 valence electrons. The molecular formula is C23H24N8O11S. The number of thiazole rings is 1. The number of rotatable bonds is 10. The Labute approximate surface area is 244 Å². The number of carbonyl (C=O) groups excluding carboxylic acids is 3. The van der Waals surface area contributed by atoms with Crippen molar-refractivity contribution in [2.45, 2.75) is 32.0 Å². The van der Waals surface area contributed by atoms with Crippen molar-refractivity contribution in [3.63, 3.8) is 0 Å². The predicted molar refractivity (Wildman–Crippen MR) is 142 cm³/mol. The van der Waals surface area contributed by atoms with Gasteiger partial charge in [0, 0.05) is 18.0 Å². The molecule has 0 saturated carbocycles. The van der Waals surface area contributed by atoms with Crippen LogP contribution in [0.1, 0.15) is 25.2 Å². The van der Waals surface area contributed by atoms with Gasteiger partial charge in [-0.05, 0) is 13.8 Å². The highest BCUT2D eigenvalue weighted by Crippen LogP contribution is 2.30. The number of aliphatic carboxylic acids is 2. The monoisotopic (exact) mass is 620 g/mol. The number of oxime groups is 1. The van der Waals surface area contributed by atoms with Crippen LogP contribution in [0.4, 0.5) is 5.13 Å². The van der Waals surface area contributed by atoms with Crippen LogP contribution in [0.2, 0.25) is 0 Å². The Kier molecular flexibility index (Phi) is 8.08. The quantitative estimate of drug-likeness (QED) is 0.0830. The first-order chi connectivity index (χ1) is 20.1. The van der Waals surface area contributed by atoms with Gasteiger partial charge in [0.15, 0.2) is 22.3 Å². The standard InChI is InChI=1S/C23H24N8O11S/c1-23(2,21(39)40)42-28-15(12-8-43-22(24)27-12)18(35)26-11-6-29-5-10(16(20(37)38)31(29)19(11)36)17(34)25-4-9-3-13(32)14(33)7-30(9)41/h3,7-8,11,33,41H,4-6H2,1-2H3,(H2,24,27)(H,25,34)(H,26,35)(H,37,38)(H,39,40)/b28-15-/t11-/m0/s1. The number of nitrogens with one attached hydrogen (secondary N) is 2. The molecule has 0 bridgehead atoms. The third-order valence-corrected chi connectivity index (χ3v) is 6.86. The molecule has 2 aromatic heterocycles. The van der Waals surface area contributed by atoms with Crippen molar-refractivity contribution < 1.29 is 49.3 Å². The molecule has 1 atom stereocenters. The van der Waals surface area contributed by atoms with Gasteiger partial charge >= 0.3 is 11.9 Å². The number of fused-ring (bicyclic) bond motifs is 1. The van der Waals surface area contributed by atoms with E-state index >= 15 is 0 Å². The maximum absolute atomic E-state index is 13.2. The van der Waals surface area contributed by atoms with Crippen LogP contribution in [0.5, 0.6) is 5.75 Å². The summed E-state index contributed by atoms with van der Waals surface area (Å²) in [6, 6.07) is -0.457. The topological polar surface area (TPSA) is 279 Å². The number of carboxylic acids is 2. The number of hydrogen-bond acceptors (Lipinski definition) is 14. The average molecular weight is 621 g/mol. The molecular weight excluding hydrogens is 596 g/mol. The molecule has 0 aromatic carbocycles. The van der Waals surface area contributed by atoms with Crippen molar-refractivity contribution in [2.75, 3.05) is 18.8 Å². The minimum Gasteiger partial charge on any atom is -0.503 e. The Balaban J connectivity index is 1.52. The number of hydrazine groups is 1. The van der Waals surface area contributed by atoms with E-state index in [0.29, 0.717) is 4.73 Å². The summed E-state index contributed by atoms with van der Waals surface area (Å²) in [5, 5.41) is 50.0. The number of anilines is 1. The summed E-state index contributed by atoms with van der Waals surface area (Å²) >= 11 is 0.957. The molecule has 0 aliphatic carbocycles. The number of amides is 3. The van der Waals surface area contributed by atoms with Crippen LogP contribution in [-0.2, 0) is 35.4 Å². The van der Waals surface area contributed by atoms with Crippen molar-refractivity contribution >= 4 is 51.8 Å². The molecule has 43 heavy (non-hydrogen) atoms. The Bertz CT molecular complexity index is 1660. The molecule has 19 nitrogen and oxygen atoms in total. The summed E-state index contributed by atoms with van der Waals surface area (Å²) in [6.07, 6.45) is 0.717. The first kappa shape index (κ1) is 30.5. The van der Waals surface area contributed by atoms with Crippen LogP contribution < -0.4 is 21.8 Å². The number of carboxylic acid groups (broad SMARTS) is 2. The SMILES string of the molecule is CC(C)(O/N=C(\C(=O)N[C@H]1CN2CC(C(=O)NCc3cc(=O)c(O)cn3O)=C(C(=O)O)N2C1=O)c1csc(N)n1)C(=O)O. The third kappa shape index (κ3) is 6.08. The van der Waals surface area contributed by atoms with E-state index in [2.05, 4.69) is 20.8 Å². The molecule has 0 unspecified atom stereocenters. The molecule has 4 heterocycles. The van der Waals surface area contributed by atoms with E-state index in [4.69, 9.17) is 10.6 Å². The first-order valence-corrected chi connectivity index (χ1v) is 13.0. The van der Waals surface area contributed by atoms with Gasteiger partial charge in [-0.3, -0.25) is 19.2 Å². The highest BCUT2D eigenvalue weighted by molar-refractivity contribution is 7.13. The van der Waals surface area contributed by atoms with Crippen LogP contribution in [0.3, 0.4) is 0 Å². The second-order valence-electron chi connectivity index (χ2n) is 9.61. The minimum atomic E-state index is -1.83. The summed E-state index contributed by atoms with van der Waals surface area (Å²) in [4.78, 5) is 83.4. The summed E-state index contributed by atoms with van der Waals surface area (Å²) in [5.41, 5.74) is 1.29. The molecule has 20 heteroatoms. The fraction of sp³-hybridized carbons (Fsp3) is 0.304. The Morgan fingerprint density at radius 3 is 2.56 bits per heavy atom. The van der Waals surface area contributed by atoms with Gasteiger partial charge in [-0.25, -0.2) is 24.6 Å². The molecule has 3 amide bonds. The molecule has 2 aliphatic rings. The summed E-state index contributed by atoms with van der Waals surface area (Å²) in [7, 11) is 0. The zero-order chi connectivity index (χ0) is 31.8. The maximum atomic E-state index is 13.2. The fourth-order valence-electron chi connectivity index (χ4n) is 3.93. The molecule has 0 radical (unpaired) electrons. The smallest absolute Gasteiger partial charge is 0.354 e. The normalized spacial score (nSPS) is 17.2. The lowest BCUT2D eigenvalue weighted by Crippen LogP contribution is -2.46. The molecule has 8 N–H and O–H groups in total. The van der Waals surface area contributed by atoms with E-state index in [-0.39, 0.29) is 35.2 Å². The maximum Gasteiger partial charge on any atom is 0.354 e. The first-order valence-electron chi connectivity index (χ1n) is 12.1. The van der Waals surface area contributed by atoms with E-state index in [1.54, 1.807) is 0 Å². The number of carbonyl (C=O) groups is 5. The predicted octanol–water partition coefficient (Wildman–Crippen LogP) is -2.37. The van der Waals surface area contributed by atoms with Gasteiger partial charge in [-0.15, -0.1) is 11.3 Å². The lowest BCUT2D eigenvalue weighted by atomic mass is 10.1. The highest BCUT2D eigenvalue weighted by atomic mass is 32.1. The third-order valence-electron chi connectivity index (χ3n) is 6.18. The summed E-state index contributed by atoms with van der Waals surface area (Å²) in [5.74, 6) is -6.57.